The average molecular weight is 290 g/mol. The van der Waals surface area contributed by atoms with E-state index in [1.54, 1.807) is 0 Å². The van der Waals surface area contributed by atoms with Gasteiger partial charge in [0, 0.05) is 18.4 Å². The van der Waals surface area contributed by atoms with Crippen molar-refractivity contribution in [2.24, 2.45) is 11.7 Å². The first-order valence-electron chi connectivity index (χ1n) is 7.39. The van der Waals surface area contributed by atoms with Crippen LogP contribution in [0.4, 0.5) is 0 Å². The van der Waals surface area contributed by atoms with Crippen molar-refractivity contribution in [1.29, 1.82) is 0 Å². The third-order valence-corrected chi connectivity index (χ3v) is 3.98. The van der Waals surface area contributed by atoms with E-state index in [9.17, 15) is 14.7 Å². The molecule has 0 heterocycles. The van der Waals surface area contributed by atoms with E-state index in [0.29, 0.717) is 12.8 Å². The van der Waals surface area contributed by atoms with Crippen LogP contribution in [-0.2, 0) is 16.0 Å². The number of nitrogens with one attached hydrogen (secondary N) is 1. The predicted octanol–water partition coefficient (Wildman–Crippen LogP) is 1.32. The molecular weight excluding hydrogens is 268 g/mol. The molecule has 0 aliphatic heterocycles. The molecule has 3 unspecified atom stereocenters. The Morgan fingerprint density at radius 1 is 1.29 bits per heavy atom. The molecule has 1 amide bonds. The van der Waals surface area contributed by atoms with E-state index in [1.807, 2.05) is 30.3 Å². The summed E-state index contributed by atoms with van der Waals surface area (Å²) in [5.41, 5.74) is 6.77. The third kappa shape index (κ3) is 4.56. The highest BCUT2D eigenvalue weighted by molar-refractivity contribution is 5.85. The molecule has 5 heteroatoms. The van der Waals surface area contributed by atoms with Crippen molar-refractivity contribution in [2.75, 3.05) is 0 Å². The summed E-state index contributed by atoms with van der Waals surface area (Å²) in [7, 11) is 0. The van der Waals surface area contributed by atoms with Crippen LogP contribution in [0, 0.1) is 5.92 Å². The zero-order valence-corrected chi connectivity index (χ0v) is 12.0. The first-order valence-corrected chi connectivity index (χ1v) is 7.39. The summed E-state index contributed by atoms with van der Waals surface area (Å²) in [6, 6.07) is 8.47. The maximum Gasteiger partial charge on any atom is 0.326 e. The van der Waals surface area contributed by atoms with Crippen LogP contribution in [0.3, 0.4) is 0 Å². The highest BCUT2D eigenvalue weighted by Crippen LogP contribution is 2.23. The molecule has 0 bridgehead atoms. The predicted molar refractivity (Wildman–Crippen MR) is 79.6 cm³/mol. The second-order valence-corrected chi connectivity index (χ2v) is 5.71. The molecule has 0 spiro atoms. The summed E-state index contributed by atoms with van der Waals surface area (Å²) < 4.78 is 0. The number of aliphatic carboxylic acids is 1. The van der Waals surface area contributed by atoms with E-state index in [0.717, 1.165) is 24.8 Å². The summed E-state index contributed by atoms with van der Waals surface area (Å²) in [5.74, 6) is -1.35. The van der Waals surface area contributed by atoms with Gasteiger partial charge in [-0.3, -0.25) is 4.79 Å². The summed E-state index contributed by atoms with van der Waals surface area (Å²) in [4.78, 5) is 23.6. The van der Waals surface area contributed by atoms with Crippen molar-refractivity contribution in [1.82, 2.24) is 5.32 Å². The molecule has 4 N–H and O–H groups in total. The Morgan fingerprint density at radius 2 is 2.00 bits per heavy atom. The van der Waals surface area contributed by atoms with E-state index in [2.05, 4.69) is 5.32 Å². The van der Waals surface area contributed by atoms with Crippen LogP contribution in [0.15, 0.2) is 30.3 Å². The van der Waals surface area contributed by atoms with Crippen molar-refractivity contribution < 1.29 is 14.7 Å². The van der Waals surface area contributed by atoms with Gasteiger partial charge in [0.2, 0.25) is 5.91 Å². The van der Waals surface area contributed by atoms with Crippen molar-refractivity contribution in [3.63, 3.8) is 0 Å². The Bertz CT molecular complexity index is 490. The van der Waals surface area contributed by atoms with Crippen LogP contribution in [0.2, 0.25) is 0 Å². The molecule has 21 heavy (non-hydrogen) atoms. The Hall–Kier alpha value is -1.88. The summed E-state index contributed by atoms with van der Waals surface area (Å²) in [6.45, 7) is 0. The molecule has 1 aromatic carbocycles. The first-order chi connectivity index (χ1) is 10.1. The van der Waals surface area contributed by atoms with Crippen molar-refractivity contribution in [3.05, 3.63) is 35.9 Å². The summed E-state index contributed by atoms with van der Waals surface area (Å²) in [6.07, 6.45) is 3.59. The molecule has 0 aromatic heterocycles. The smallest absolute Gasteiger partial charge is 0.326 e. The average Bonchev–Trinajstić information content (AvgIpc) is 2.47. The number of hydrogen-bond acceptors (Lipinski definition) is 3. The summed E-state index contributed by atoms with van der Waals surface area (Å²) >= 11 is 0. The molecular formula is C16H22N2O3. The number of carbonyl (C=O) groups excluding carboxylic acids is 1. The van der Waals surface area contributed by atoms with Gasteiger partial charge >= 0.3 is 5.97 Å². The Morgan fingerprint density at radius 3 is 2.62 bits per heavy atom. The van der Waals surface area contributed by atoms with E-state index in [1.165, 1.54) is 0 Å². The number of amides is 1. The lowest BCUT2D eigenvalue weighted by molar-refractivity contribution is -0.142. The number of hydrogen-bond donors (Lipinski definition) is 3. The Kier molecular flexibility index (Phi) is 5.33. The summed E-state index contributed by atoms with van der Waals surface area (Å²) in [5, 5.41) is 12.0. The maximum absolute atomic E-state index is 12.2. The molecule has 5 nitrogen and oxygen atoms in total. The molecule has 0 saturated heterocycles. The number of benzene rings is 1. The van der Waals surface area contributed by atoms with Gasteiger partial charge in [-0.25, -0.2) is 4.79 Å². The standard InChI is InChI=1S/C16H22N2O3/c17-13-8-4-7-12(10-13)15(19)18-14(16(20)21)9-11-5-2-1-3-6-11/h1-3,5-6,12-14H,4,7-10,17H2,(H,18,19)(H,20,21). The van der Waals surface area contributed by atoms with Crippen LogP contribution in [0.25, 0.3) is 0 Å². The highest BCUT2D eigenvalue weighted by Gasteiger charge is 2.28. The lowest BCUT2D eigenvalue weighted by Gasteiger charge is -2.27. The Labute approximate surface area is 124 Å². The van der Waals surface area contributed by atoms with Gasteiger partial charge in [-0.05, 0) is 24.8 Å². The zero-order valence-electron chi connectivity index (χ0n) is 12.0. The van der Waals surface area contributed by atoms with Gasteiger partial charge in [-0.15, -0.1) is 0 Å². The topological polar surface area (TPSA) is 92.4 Å². The van der Waals surface area contributed by atoms with E-state index >= 15 is 0 Å². The number of carbonyl (C=O) groups is 2. The van der Waals surface area contributed by atoms with E-state index in [4.69, 9.17) is 5.73 Å². The lowest BCUT2D eigenvalue weighted by atomic mass is 9.85. The third-order valence-electron chi connectivity index (χ3n) is 3.98. The van der Waals surface area contributed by atoms with E-state index in [-0.39, 0.29) is 17.9 Å². The number of carboxylic acid groups (broad SMARTS) is 1. The number of nitrogens with two attached hydrogens (primary N) is 1. The van der Waals surface area contributed by atoms with Crippen LogP contribution >= 0.6 is 0 Å². The van der Waals surface area contributed by atoms with Crippen LogP contribution in [-0.4, -0.2) is 29.1 Å². The fourth-order valence-electron chi connectivity index (χ4n) is 2.81. The lowest BCUT2D eigenvalue weighted by Crippen LogP contribution is -2.46. The minimum atomic E-state index is -1.01. The van der Waals surface area contributed by atoms with Crippen molar-refractivity contribution in [2.45, 2.75) is 44.2 Å². The highest BCUT2D eigenvalue weighted by atomic mass is 16.4. The molecule has 3 atom stereocenters. The second-order valence-electron chi connectivity index (χ2n) is 5.71. The van der Waals surface area contributed by atoms with Gasteiger partial charge in [0.05, 0.1) is 0 Å². The molecule has 0 radical (unpaired) electrons. The Balaban J connectivity index is 1.96. The normalized spacial score (nSPS) is 23.3. The minimum Gasteiger partial charge on any atom is -0.480 e. The molecule has 1 aliphatic carbocycles. The van der Waals surface area contributed by atoms with Gasteiger partial charge < -0.3 is 16.2 Å². The fraction of sp³-hybridized carbons (Fsp3) is 0.500. The molecule has 1 aromatic rings. The fourth-order valence-corrected chi connectivity index (χ4v) is 2.81. The number of rotatable bonds is 5. The quantitative estimate of drug-likeness (QED) is 0.762. The SMILES string of the molecule is NC1CCCC(C(=O)NC(Cc2ccccc2)C(=O)O)C1. The van der Waals surface area contributed by atoms with Gasteiger partial charge in [-0.1, -0.05) is 36.8 Å². The van der Waals surface area contributed by atoms with Crippen LogP contribution < -0.4 is 11.1 Å². The van der Waals surface area contributed by atoms with Crippen LogP contribution in [0.1, 0.15) is 31.2 Å². The maximum atomic E-state index is 12.2. The zero-order chi connectivity index (χ0) is 15.2. The molecule has 114 valence electrons. The monoisotopic (exact) mass is 290 g/mol. The van der Waals surface area contributed by atoms with Gasteiger partial charge in [0.1, 0.15) is 6.04 Å². The number of carboxylic acids is 1. The van der Waals surface area contributed by atoms with Gasteiger partial charge in [-0.2, -0.15) is 0 Å². The van der Waals surface area contributed by atoms with Crippen molar-refractivity contribution >= 4 is 11.9 Å². The molecule has 1 fully saturated rings. The van der Waals surface area contributed by atoms with Crippen molar-refractivity contribution in [3.8, 4) is 0 Å². The van der Waals surface area contributed by atoms with Gasteiger partial charge in [0.25, 0.3) is 0 Å². The largest absolute Gasteiger partial charge is 0.480 e. The molecule has 2 rings (SSSR count). The van der Waals surface area contributed by atoms with Gasteiger partial charge in [0.15, 0.2) is 0 Å². The second kappa shape index (κ2) is 7.22. The van der Waals surface area contributed by atoms with Crippen LogP contribution in [0.5, 0.6) is 0 Å². The molecule has 1 saturated carbocycles. The first kappa shape index (κ1) is 15.5. The minimum absolute atomic E-state index is 0.0481. The molecule has 1 aliphatic rings. The van der Waals surface area contributed by atoms with E-state index < -0.39 is 12.0 Å².